The van der Waals surface area contributed by atoms with Gasteiger partial charge in [-0.3, -0.25) is 9.59 Å². The van der Waals surface area contributed by atoms with Gasteiger partial charge in [0.25, 0.3) is 5.91 Å². The Hall–Kier alpha value is -2.22. The first-order valence-electron chi connectivity index (χ1n) is 8.93. The van der Waals surface area contributed by atoms with Gasteiger partial charge in [0.05, 0.1) is 12.2 Å². The molecule has 2 aromatic heterocycles. The minimum absolute atomic E-state index is 0.0137. The van der Waals surface area contributed by atoms with Gasteiger partial charge in [-0.1, -0.05) is 4.49 Å². The minimum atomic E-state index is 0.0137. The van der Waals surface area contributed by atoms with Gasteiger partial charge in [-0.25, -0.2) is 0 Å². The fraction of sp³-hybridized carbons (Fsp3) is 0.556. The number of carbonyl (C=O) groups is 2. The van der Waals surface area contributed by atoms with Crippen LogP contribution in [-0.2, 0) is 11.3 Å². The number of hydrogen-bond donors (Lipinski definition) is 1. The van der Waals surface area contributed by atoms with Crippen LogP contribution in [0.3, 0.4) is 0 Å². The summed E-state index contributed by atoms with van der Waals surface area (Å²) in [5.74, 6) is 1.99. The first-order valence-corrected chi connectivity index (χ1v) is 9.70. The lowest BCUT2D eigenvalue weighted by molar-refractivity contribution is -0.121. The van der Waals surface area contributed by atoms with Crippen LogP contribution in [0.4, 0.5) is 0 Å². The summed E-state index contributed by atoms with van der Waals surface area (Å²) in [4.78, 5) is 27.2. The van der Waals surface area contributed by atoms with Crippen LogP contribution in [0.15, 0.2) is 16.5 Å². The minimum Gasteiger partial charge on any atom is -0.465 e. The second kappa shape index (κ2) is 8.44. The maximum atomic E-state index is 12.6. The SMILES string of the molecule is Cc1ccc(CNC(=O)CCC2CCCN(C(=O)c3snnc3C)C2)o1. The lowest BCUT2D eigenvalue weighted by atomic mass is 9.93. The molecule has 26 heavy (non-hydrogen) atoms. The first-order chi connectivity index (χ1) is 12.5. The van der Waals surface area contributed by atoms with Crippen LogP contribution >= 0.6 is 11.5 Å². The average Bonchev–Trinajstić information content (AvgIpc) is 3.26. The molecule has 2 aromatic rings. The third kappa shape index (κ3) is 4.69. The number of rotatable bonds is 6. The molecule has 1 atom stereocenters. The summed E-state index contributed by atoms with van der Waals surface area (Å²) >= 11 is 1.15. The Labute approximate surface area is 156 Å². The molecule has 1 aliphatic rings. The van der Waals surface area contributed by atoms with Crippen LogP contribution in [0.25, 0.3) is 0 Å². The number of amides is 2. The van der Waals surface area contributed by atoms with Crippen LogP contribution < -0.4 is 5.32 Å². The van der Waals surface area contributed by atoms with E-state index in [1.807, 2.05) is 30.9 Å². The van der Waals surface area contributed by atoms with E-state index < -0.39 is 0 Å². The highest BCUT2D eigenvalue weighted by molar-refractivity contribution is 7.07. The predicted molar refractivity (Wildman–Crippen MR) is 97.8 cm³/mol. The maximum absolute atomic E-state index is 12.6. The number of carbonyl (C=O) groups excluding carboxylic acids is 2. The second-order valence-corrected chi connectivity index (χ2v) is 7.53. The third-order valence-electron chi connectivity index (χ3n) is 4.69. The van der Waals surface area contributed by atoms with E-state index in [1.54, 1.807) is 0 Å². The molecule has 0 saturated carbocycles. The lowest BCUT2D eigenvalue weighted by Gasteiger charge is -2.32. The van der Waals surface area contributed by atoms with E-state index >= 15 is 0 Å². The zero-order chi connectivity index (χ0) is 18.5. The fourth-order valence-corrected chi connectivity index (χ4v) is 3.87. The van der Waals surface area contributed by atoms with Crippen molar-refractivity contribution < 1.29 is 14.0 Å². The highest BCUT2D eigenvalue weighted by atomic mass is 32.1. The van der Waals surface area contributed by atoms with Gasteiger partial charge < -0.3 is 14.6 Å². The van der Waals surface area contributed by atoms with E-state index in [2.05, 4.69) is 14.9 Å². The van der Waals surface area contributed by atoms with Gasteiger partial charge in [0.2, 0.25) is 5.91 Å². The van der Waals surface area contributed by atoms with Gasteiger partial charge >= 0.3 is 0 Å². The molecule has 8 heteroatoms. The normalized spacial score (nSPS) is 17.3. The molecule has 0 radical (unpaired) electrons. The van der Waals surface area contributed by atoms with Crippen molar-refractivity contribution in [2.75, 3.05) is 13.1 Å². The number of aryl methyl sites for hydroxylation is 2. The number of aromatic nitrogens is 2. The van der Waals surface area contributed by atoms with E-state index in [4.69, 9.17) is 4.42 Å². The molecular formula is C18H24N4O3S. The molecule has 0 aliphatic carbocycles. The van der Waals surface area contributed by atoms with E-state index in [-0.39, 0.29) is 11.8 Å². The Balaban J connectivity index is 1.44. The predicted octanol–water partition coefficient (Wildman–Crippen LogP) is 2.70. The third-order valence-corrected chi connectivity index (χ3v) is 5.50. The Kier molecular flexibility index (Phi) is 6.03. The molecule has 3 rings (SSSR count). The lowest BCUT2D eigenvalue weighted by Crippen LogP contribution is -2.40. The van der Waals surface area contributed by atoms with Crippen LogP contribution in [0.2, 0.25) is 0 Å². The van der Waals surface area contributed by atoms with Crippen molar-refractivity contribution in [1.82, 2.24) is 19.8 Å². The van der Waals surface area contributed by atoms with Crippen LogP contribution in [0.1, 0.15) is 52.6 Å². The molecule has 3 heterocycles. The summed E-state index contributed by atoms with van der Waals surface area (Å²) < 4.78 is 9.29. The van der Waals surface area contributed by atoms with Crippen molar-refractivity contribution in [2.24, 2.45) is 5.92 Å². The molecule has 7 nitrogen and oxygen atoms in total. The van der Waals surface area contributed by atoms with Crippen molar-refractivity contribution in [3.8, 4) is 0 Å². The summed E-state index contributed by atoms with van der Waals surface area (Å²) in [6.07, 6.45) is 3.27. The standard InChI is InChI=1S/C18H24N4O3S/c1-12-5-7-15(25-12)10-19-16(23)8-6-14-4-3-9-22(11-14)18(24)17-13(2)20-21-26-17/h5,7,14H,3-4,6,8-11H2,1-2H3,(H,19,23). The van der Waals surface area contributed by atoms with Crippen molar-refractivity contribution >= 4 is 23.3 Å². The highest BCUT2D eigenvalue weighted by Gasteiger charge is 2.27. The molecule has 0 bridgehead atoms. The summed E-state index contributed by atoms with van der Waals surface area (Å²) in [6.45, 7) is 5.56. The van der Waals surface area contributed by atoms with Gasteiger partial charge in [0, 0.05) is 19.5 Å². The average molecular weight is 376 g/mol. The van der Waals surface area contributed by atoms with Crippen molar-refractivity contribution in [3.05, 3.63) is 34.2 Å². The molecule has 1 fully saturated rings. The number of furan rings is 1. The quantitative estimate of drug-likeness (QED) is 0.837. The van der Waals surface area contributed by atoms with Gasteiger partial charge in [-0.2, -0.15) is 0 Å². The topological polar surface area (TPSA) is 88.3 Å². The molecule has 1 unspecified atom stereocenters. The number of nitrogens with zero attached hydrogens (tertiary/aromatic N) is 3. The van der Waals surface area contributed by atoms with E-state index in [0.717, 1.165) is 48.9 Å². The number of likely N-dealkylation sites (tertiary alicyclic amines) is 1. The van der Waals surface area contributed by atoms with Crippen LogP contribution in [0.5, 0.6) is 0 Å². The van der Waals surface area contributed by atoms with Gasteiger partial charge in [-0.15, -0.1) is 5.10 Å². The summed E-state index contributed by atoms with van der Waals surface area (Å²) in [5, 5.41) is 6.81. The molecule has 0 spiro atoms. The number of hydrogen-bond acceptors (Lipinski definition) is 6. The molecule has 2 amide bonds. The molecule has 1 saturated heterocycles. The largest absolute Gasteiger partial charge is 0.465 e. The molecule has 1 N–H and O–H groups in total. The smallest absolute Gasteiger partial charge is 0.267 e. The highest BCUT2D eigenvalue weighted by Crippen LogP contribution is 2.23. The number of piperidine rings is 1. The fourth-order valence-electron chi connectivity index (χ4n) is 3.25. The Morgan fingerprint density at radius 2 is 2.23 bits per heavy atom. The van der Waals surface area contributed by atoms with Crippen molar-refractivity contribution in [1.29, 1.82) is 0 Å². The zero-order valence-corrected chi connectivity index (χ0v) is 16.0. The first kappa shape index (κ1) is 18.6. The Morgan fingerprint density at radius 1 is 1.38 bits per heavy atom. The monoisotopic (exact) mass is 376 g/mol. The maximum Gasteiger partial charge on any atom is 0.267 e. The van der Waals surface area contributed by atoms with E-state index in [9.17, 15) is 9.59 Å². The number of nitrogens with one attached hydrogen (secondary N) is 1. The summed E-state index contributed by atoms with van der Waals surface area (Å²) in [5.41, 5.74) is 0.690. The van der Waals surface area contributed by atoms with E-state index in [1.165, 1.54) is 0 Å². The molecule has 1 aliphatic heterocycles. The van der Waals surface area contributed by atoms with Crippen LogP contribution in [0, 0.1) is 19.8 Å². The van der Waals surface area contributed by atoms with Gasteiger partial charge in [0.1, 0.15) is 16.4 Å². The zero-order valence-electron chi connectivity index (χ0n) is 15.2. The molecular weight excluding hydrogens is 352 g/mol. The second-order valence-electron chi connectivity index (χ2n) is 6.77. The Bertz CT molecular complexity index is 770. The van der Waals surface area contributed by atoms with E-state index in [0.29, 0.717) is 36.0 Å². The summed E-state index contributed by atoms with van der Waals surface area (Å²) in [6, 6.07) is 3.76. The van der Waals surface area contributed by atoms with Crippen LogP contribution in [-0.4, -0.2) is 39.4 Å². The molecule has 0 aromatic carbocycles. The van der Waals surface area contributed by atoms with Gasteiger partial charge in [0.15, 0.2) is 0 Å². The summed E-state index contributed by atoms with van der Waals surface area (Å²) in [7, 11) is 0. The molecule has 140 valence electrons. The Morgan fingerprint density at radius 3 is 2.92 bits per heavy atom. The van der Waals surface area contributed by atoms with Gasteiger partial charge in [-0.05, 0) is 62.7 Å². The van der Waals surface area contributed by atoms with Crippen molar-refractivity contribution in [2.45, 2.75) is 46.1 Å². The van der Waals surface area contributed by atoms with Crippen molar-refractivity contribution in [3.63, 3.8) is 0 Å².